The van der Waals surface area contributed by atoms with Gasteiger partial charge in [-0.15, -0.1) is 0 Å². The molecular formula is C21H30N4O2. The molecule has 3 rings (SSSR count). The van der Waals surface area contributed by atoms with Crippen molar-refractivity contribution >= 4 is 22.6 Å². The molecule has 146 valence electrons. The lowest BCUT2D eigenvalue weighted by atomic mass is 9.89. The van der Waals surface area contributed by atoms with Gasteiger partial charge in [0, 0.05) is 18.9 Å². The van der Waals surface area contributed by atoms with Crippen molar-refractivity contribution in [2.75, 3.05) is 12.0 Å². The predicted octanol–water partition coefficient (Wildman–Crippen LogP) is 4.19. The summed E-state index contributed by atoms with van der Waals surface area (Å²) in [5.74, 6) is 0.986. The van der Waals surface area contributed by atoms with Crippen molar-refractivity contribution in [2.45, 2.75) is 65.5 Å². The molecule has 1 N–H and O–H groups in total. The number of fused-ring (bicyclic) bond motifs is 1. The number of nitrogens with zero attached hydrogens (tertiary/aromatic N) is 3. The maximum absolute atomic E-state index is 13.0. The third-order valence-electron chi connectivity index (χ3n) is 5.03. The summed E-state index contributed by atoms with van der Waals surface area (Å²) in [6.45, 7) is 7.40. The Labute approximate surface area is 160 Å². The largest absolute Gasteiger partial charge is 0.379 e. The monoisotopic (exact) mass is 370 g/mol. The molecule has 6 nitrogen and oxygen atoms in total. The van der Waals surface area contributed by atoms with Gasteiger partial charge in [0.1, 0.15) is 0 Å². The van der Waals surface area contributed by atoms with E-state index in [1.807, 2.05) is 38.1 Å². The Morgan fingerprint density at radius 2 is 2.15 bits per heavy atom. The van der Waals surface area contributed by atoms with Crippen LogP contribution in [0.5, 0.6) is 0 Å². The number of aromatic nitrogens is 2. The van der Waals surface area contributed by atoms with Crippen molar-refractivity contribution in [3.63, 3.8) is 0 Å². The standard InChI is InChI=1S/C21H30N4O2/c1-15(2)27-14-8-13-25-20(26)17-10-5-7-12-19(17)22-21(25)24-23-18-11-6-4-9-16(18)3/h5,7,10,12,15-16H,4,6,8-9,11,13-14H2,1-3H3,(H,22,24)/b23-18+. The fourth-order valence-corrected chi connectivity index (χ4v) is 3.46. The van der Waals surface area contributed by atoms with Gasteiger partial charge in [0.25, 0.3) is 5.56 Å². The Morgan fingerprint density at radius 1 is 1.33 bits per heavy atom. The van der Waals surface area contributed by atoms with Crippen LogP contribution in [-0.2, 0) is 11.3 Å². The van der Waals surface area contributed by atoms with Crippen LogP contribution in [0.4, 0.5) is 5.95 Å². The van der Waals surface area contributed by atoms with Crippen molar-refractivity contribution in [1.82, 2.24) is 9.55 Å². The van der Waals surface area contributed by atoms with E-state index < -0.39 is 0 Å². The second-order valence-electron chi connectivity index (χ2n) is 7.54. The first-order valence-electron chi connectivity index (χ1n) is 10.00. The van der Waals surface area contributed by atoms with E-state index >= 15 is 0 Å². The van der Waals surface area contributed by atoms with Gasteiger partial charge in [-0.05, 0) is 57.6 Å². The zero-order chi connectivity index (χ0) is 19.2. The van der Waals surface area contributed by atoms with Crippen molar-refractivity contribution in [3.8, 4) is 0 Å². The van der Waals surface area contributed by atoms with E-state index in [2.05, 4.69) is 22.4 Å². The highest BCUT2D eigenvalue weighted by Crippen LogP contribution is 2.21. The molecule has 1 fully saturated rings. The second kappa shape index (κ2) is 9.13. The highest BCUT2D eigenvalue weighted by Gasteiger charge is 2.16. The molecule has 1 heterocycles. The molecule has 0 aliphatic heterocycles. The summed E-state index contributed by atoms with van der Waals surface area (Å²) < 4.78 is 7.30. The summed E-state index contributed by atoms with van der Waals surface area (Å²) in [6, 6.07) is 7.46. The van der Waals surface area contributed by atoms with E-state index in [0.29, 0.717) is 35.9 Å². The molecular weight excluding hydrogens is 340 g/mol. The normalized spacial score (nSPS) is 19.1. The molecule has 1 saturated carbocycles. The van der Waals surface area contributed by atoms with Gasteiger partial charge in [0.2, 0.25) is 5.95 Å². The highest BCUT2D eigenvalue weighted by molar-refractivity contribution is 5.87. The summed E-state index contributed by atoms with van der Waals surface area (Å²) in [5, 5.41) is 5.24. The maximum Gasteiger partial charge on any atom is 0.262 e. The Kier molecular flexibility index (Phi) is 6.61. The molecule has 1 aromatic carbocycles. The van der Waals surface area contributed by atoms with Crippen molar-refractivity contribution < 1.29 is 4.74 Å². The number of nitrogens with one attached hydrogen (secondary N) is 1. The summed E-state index contributed by atoms with van der Waals surface area (Å²) in [5.41, 5.74) is 4.91. The smallest absolute Gasteiger partial charge is 0.262 e. The molecule has 1 aliphatic carbocycles. The number of benzene rings is 1. The topological polar surface area (TPSA) is 68.5 Å². The summed E-state index contributed by atoms with van der Waals surface area (Å²) in [7, 11) is 0. The third-order valence-corrected chi connectivity index (χ3v) is 5.03. The number of rotatable bonds is 7. The van der Waals surface area contributed by atoms with E-state index in [9.17, 15) is 4.79 Å². The van der Waals surface area contributed by atoms with Crippen LogP contribution in [0.25, 0.3) is 10.9 Å². The van der Waals surface area contributed by atoms with E-state index in [1.165, 1.54) is 25.0 Å². The number of ether oxygens (including phenoxy) is 1. The number of hydrogen-bond acceptors (Lipinski definition) is 5. The van der Waals surface area contributed by atoms with Crippen molar-refractivity contribution in [2.24, 2.45) is 11.0 Å². The van der Waals surface area contributed by atoms with Crippen molar-refractivity contribution in [3.05, 3.63) is 34.6 Å². The van der Waals surface area contributed by atoms with Gasteiger partial charge in [0.15, 0.2) is 0 Å². The van der Waals surface area contributed by atoms with Crippen LogP contribution in [0.15, 0.2) is 34.2 Å². The first-order chi connectivity index (χ1) is 13.1. The molecule has 1 aromatic heterocycles. The van der Waals surface area contributed by atoms with Gasteiger partial charge >= 0.3 is 0 Å². The molecule has 6 heteroatoms. The van der Waals surface area contributed by atoms with Crippen LogP contribution in [-0.4, -0.2) is 28.0 Å². The molecule has 1 atom stereocenters. The molecule has 27 heavy (non-hydrogen) atoms. The summed E-state index contributed by atoms with van der Waals surface area (Å²) in [4.78, 5) is 17.6. The van der Waals surface area contributed by atoms with E-state index in [4.69, 9.17) is 4.74 Å². The fraction of sp³-hybridized carbons (Fsp3) is 0.571. The highest BCUT2D eigenvalue weighted by atomic mass is 16.5. The van der Waals surface area contributed by atoms with E-state index in [0.717, 1.165) is 12.8 Å². The molecule has 1 unspecified atom stereocenters. The average Bonchev–Trinajstić information content (AvgIpc) is 2.66. The Hall–Kier alpha value is -2.21. The van der Waals surface area contributed by atoms with Crippen LogP contribution < -0.4 is 11.0 Å². The zero-order valence-electron chi connectivity index (χ0n) is 16.6. The van der Waals surface area contributed by atoms with Crippen molar-refractivity contribution in [1.29, 1.82) is 0 Å². The third kappa shape index (κ3) is 4.95. The van der Waals surface area contributed by atoms with Gasteiger partial charge in [0.05, 0.1) is 17.0 Å². The lowest BCUT2D eigenvalue weighted by molar-refractivity contribution is 0.0748. The van der Waals surface area contributed by atoms with E-state index in [-0.39, 0.29) is 11.7 Å². The molecule has 0 radical (unpaired) electrons. The Bertz CT molecular complexity index is 857. The molecule has 2 aromatic rings. The van der Waals surface area contributed by atoms with Gasteiger partial charge in [-0.2, -0.15) is 5.10 Å². The van der Waals surface area contributed by atoms with E-state index in [1.54, 1.807) is 4.57 Å². The molecule has 0 spiro atoms. The van der Waals surface area contributed by atoms with Crippen LogP contribution in [0.3, 0.4) is 0 Å². The fourth-order valence-electron chi connectivity index (χ4n) is 3.46. The van der Waals surface area contributed by atoms with Crippen LogP contribution in [0.1, 0.15) is 52.9 Å². The molecule has 0 amide bonds. The van der Waals surface area contributed by atoms with Gasteiger partial charge < -0.3 is 4.74 Å². The number of hydrogen-bond donors (Lipinski definition) is 1. The second-order valence-corrected chi connectivity index (χ2v) is 7.54. The number of hydrazone groups is 1. The minimum atomic E-state index is -0.0375. The van der Waals surface area contributed by atoms with Crippen LogP contribution >= 0.6 is 0 Å². The quantitative estimate of drug-likeness (QED) is 0.586. The van der Waals surface area contributed by atoms with Crippen LogP contribution in [0.2, 0.25) is 0 Å². The average molecular weight is 370 g/mol. The molecule has 1 aliphatic rings. The zero-order valence-corrected chi connectivity index (χ0v) is 16.6. The SMILES string of the molecule is CC(C)OCCCn1c(N/N=C2\CCCCC2C)nc2ccccc2c1=O. The lowest BCUT2D eigenvalue weighted by Crippen LogP contribution is -2.26. The maximum atomic E-state index is 13.0. The molecule has 0 saturated heterocycles. The minimum absolute atomic E-state index is 0.0375. The number of para-hydroxylation sites is 1. The predicted molar refractivity (Wildman–Crippen MR) is 110 cm³/mol. The first-order valence-corrected chi connectivity index (χ1v) is 10.00. The Balaban J connectivity index is 1.87. The van der Waals surface area contributed by atoms with Gasteiger partial charge in [-0.3, -0.25) is 9.36 Å². The minimum Gasteiger partial charge on any atom is -0.379 e. The summed E-state index contributed by atoms with van der Waals surface area (Å²) in [6.07, 6.45) is 5.55. The van der Waals surface area contributed by atoms with Gasteiger partial charge in [-0.1, -0.05) is 25.5 Å². The Morgan fingerprint density at radius 3 is 2.93 bits per heavy atom. The van der Waals surface area contributed by atoms with Crippen LogP contribution in [0, 0.1) is 5.92 Å². The van der Waals surface area contributed by atoms with Gasteiger partial charge in [-0.25, -0.2) is 10.4 Å². The molecule has 0 bridgehead atoms. The lowest BCUT2D eigenvalue weighted by Gasteiger charge is -2.20. The number of anilines is 1. The first kappa shape index (κ1) is 19.5. The summed E-state index contributed by atoms with van der Waals surface area (Å²) >= 11 is 0.